The van der Waals surface area contributed by atoms with Crippen molar-refractivity contribution in [3.8, 4) is 11.8 Å². The molecule has 0 spiro atoms. The number of carbonyl (C=O) groups is 1. The van der Waals surface area contributed by atoms with E-state index in [-0.39, 0.29) is 35.5 Å². The highest BCUT2D eigenvalue weighted by atomic mass is 16.5. The van der Waals surface area contributed by atoms with Crippen molar-refractivity contribution in [1.29, 1.82) is 0 Å². The van der Waals surface area contributed by atoms with Crippen LogP contribution in [0.4, 0.5) is 0 Å². The van der Waals surface area contributed by atoms with Gasteiger partial charge in [0.1, 0.15) is 5.75 Å². The lowest BCUT2D eigenvalue weighted by molar-refractivity contribution is 0.0910. The maximum atomic E-state index is 13.0. The number of carbonyl (C=O) groups excluding carboxylic acids is 1. The van der Waals surface area contributed by atoms with Crippen LogP contribution in [0.3, 0.4) is 0 Å². The third-order valence-electron chi connectivity index (χ3n) is 5.30. The number of amides is 1. The monoisotopic (exact) mass is 402 g/mol. The zero-order chi connectivity index (χ0) is 20.7. The van der Waals surface area contributed by atoms with Crippen LogP contribution >= 0.6 is 0 Å². The van der Waals surface area contributed by atoms with Gasteiger partial charge in [-0.2, -0.15) is 4.52 Å². The summed E-state index contributed by atoms with van der Waals surface area (Å²) in [5, 5.41) is 7.52. The van der Waals surface area contributed by atoms with Crippen LogP contribution in [0, 0.1) is 0 Å². The predicted molar refractivity (Wildman–Crippen MR) is 111 cm³/mol. The Morgan fingerprint density at radius 2 is 1.77 bits per heavy atom. The highest BCUT2D eigenvalue weighted by molar-refractivity contribution is 5.93. The number of benzene rings is 2. The van der Waals surface area contributed by atoms with E-state index in [2.05, 4.69) is 27.5 Å². The number of hydrogen-bond donors (Lipinski definition) is 1. The van der Waals surface area contributed by atoms with Crippen LogP contribution in [-0.4, -0.2) is 26.5 Å². The minimum absolute atomic E-state index is 0.0130. The predicted octanol–water partition coefficient (Wildman–Crippen LogP) is 4.14. The topological polar surface area (TPSA) is 81.7 Å². The average Bonchev–Trinajstić information content (AvgIpc) is 3.39. The summed E-state index contributed by atoms with van der Waals surface area (Å²) in [5.41, 5.74) is 3.24. The second-order valence-electron chi connectivity index (χ2n) is 7.82. The first-order valence-electron chi connectivity index (χ1n) is 10.1. The Bertz CT molecular complexity index is 1180. The van der Waals surface area contributed by atoms with Crippen LogP contribution in [0.1, 0.15) is 47.1 Å². The SMILES string of the molecule is CC(C)c1c(C(=O)NC2Cc3ccccc3C2)oc2nc(Oc3ccccc3)nn12. The summed E-state index contributed by atoms with van der Waals surface area (Å²) in [5.74, 6) is 0.899. The maximum Gasteiger partial charge on any atom is 0.344 e. The highest BCUT2D eigenvalue weighted by Gasteiger charge is 2.29. The van der Waals surface area contributed by atoms with Crippen molar-refractivity contribution < 1.29 is 13.9 Å². The van der Waals surface area contributed by atoms with Gasteiger partial charge in [0.05, 0.1) is 5.69 Å². The molecule has 2 heterocycles. The molecule has 1 aliphatic rings. The Balaban J connectivity index is 1.39. The molecule has 0 saturated carbocycles. The number of para-hydroxylation sites is 1. The lowest BCUT2D eigenvalue weighted by Gasteiger charge is -2.12. The number of nitrogens with one attached hydrogen (secondary N) is 1. The molecule has 7 heteroatoms. The van der Waals surface area contributed by atoms with Crippen molar-refractivity contribution >= 4 is 11.8 Å². The van der Waals surface area contributed by atoms with Crippen LogP contribution in [0.5, 0.6) is 11.8 Å². The standard InChI is InChI=1S/C23H22N4O3/c1-14(2)19-20(21(28)24-17-12-15-8-6-7-9-16(15)13-17)30-23-25-22(26-27(19)23)29-18-10-4-3-5-11-18/h3-11,14,17H,12-13H2,1-2H3,(H,24,28). The fourth-order valence-corrected chi connectivity index (χ4v) is 3.96. The summed E-state index contributed by atoms with van der Waals surface area (Å²) in [6.45, 7) is 3.98. The Morgan fingerprint density at radius 1 is 1.10 bits per heavy atom. The van der Waals surface area contributed by atoms with E-state index in [4.69, 9.17) is 9.15 Å². The molecule has 0 radical (unpaired) electrons. The molecule has 2 aromatic heterocycles. The molecule has 0 unspecified atom stereocenters. The maximum absolute atomic E-state index is 13.0. The van der Waals surface area contributed by atoms with E-state index in [0.717, 1.165) is 12.8 Å². The number of hydrogen-bond acceptors (Lipinski definition) is 5. The molecular weight excluding hydrogens is 380 g/mol. The molecule has 0 atom stereocenters. The van der Waals surface area contributed by atoms with Gasteiger partial charge in [0.25, 0.3) is 5.91 Å². The third kappa shape index (κ3) is 3.32. The van der Waals surface area contributed by atoms with Crippen LogP contribution < -0.4 is 10.1 Å². The summed E-state index contributed by atoms with van der Waals surface area (Å²) in [4.78, 5) is 17.3. The van der Waals surface area contributed by atoms with Gasteiger partial charge in [-0.1, -0.05) is 56.3 Å². The van der Waals surface area contributed by atoms with Crippen molar-refractivity contribution in [1.82, 2.24) is 19.9 Å². The molecule has 0 fully saturated rings. The number of rotatable bonds is 5. The van der Waals surface area contributed by atoms with Crippen LogP contribution in [0.2, 0.25) is 0 Å². The van der Waals surface area contributed by atoms with Gasteiger partial charge in [-0.3, -0.25) is 4.79 Å². The van der Waals surface area contributed by atoms with E-state index >= 15 is 0 Å². The normalized spacial score (nSPS) is 13.7. The van der Waals surface area contributed by atoms with Crippen LogP contribution in [0.15, 0.2) is 59.0 Å². The van der Waals surface area contributed by atoms with Crippen LogP contribution in [-0.2, 0) is 12.8 Å². The summed E-state index contributed by atoms with van der Waals surface area (Å²) in [6, 6.07) is 17.8. The van der Waals surface area contributed by atoms with Gasteiger partial charge in [0.2, 0.25) is 5.76 Å². The number of ether oxygens (including phenoxy) is 1. The van der Waals surface area contributed by atoms with Gasteiger partial charge >= 0.3 is 11.9 Å². The fourth-order valence-electron chi connectivity index (χ4n) is 3.96. The molecular formula is C23H22N4O3. The molecule has 0 saturated heterocycles. The average molecular weight is 402 g/mol. The van der Waals surface area contributed by atoms with Gasteiger partial charge in [0, 0.05) is 6.04 Å². The van der Waals surface area contributed by atoms with Crippen LogP contribution in [0.25, 0.3) is 5.84 Å². The Morgan fingerprint density at radius 3 is 2.43 bits per heavy atom. The Kier molecular flexibility index (Phi) is 4.50. The van der Waals surface area contributed by atoms with Gasteiger partial charge < -0.3 is 14.5 Å². The van der Waals surface area contributed by atoms with Gasteiger partial charge in [-0.25, -0.2) is 0 Å². The number of aromatic nitrogens is 3. The lowest BCUT2D eigenvalue weighted by atomic mass is 10.1. The minimum Gasteiger partial charge on any atom is -0.423 e. The fraction of sp³-hybridized carbons (Fsp3) is 0.261. The lowest BCUT2D eigenvalue weighted by Crippen LogP contribution is -2.35. The second-order valence-corrected chi connectivity index (χ2v) is 7.82. The van der Waals surface area contributed by atoms with E-state index in [9.17, 15) is 4.79 Å². The molecule has 0 bridgehead atoms. The van der Waals surface area contributed by atoms with Crippen molar-refractivity contribution in [2.45, 2.75) is 38.6 Å². The van der Waals surface area contributed by atoms with E-state index in [1.165, 1.54) is 11.1 Å². The number of fused-ring (bicyclic) bond motifs is 2. The van der Waals surface area contributed by atoms with E-state index in [0.29, 0.717) is 11.4 Å². The quantitative estimate of drug-likeness (QED) is 0.543. The first-order valence-corrected chi connectivity index (χ1v) is 10.1. The molecule has 30 heavy (non-hydrogen) atoms. The van der Waals surface area contributed by atoms with Crippen molar-refractivity contribution in [3.63, 3.8) is 0 Å². The zero-order valence-electron chi connectivity index (χ0n) is 16.8. The summed E-state index contributed by atoms with van der Waals surface area (Å²) in [6.07, 6.45) is 1.65. The summed E-state index contributed by atoms with van der Waals surface area (Å²) < 4.78 is 13.1. The van der Waals surface area contributed by atoms with Gasteiger partial charge in [0.15, 0.2) is 0 Å². The third-order valence-corrected chi connectivity index (χ3v) is 5.30. The smallest absolute Gasteiger partial charge is 0.344 e. The molecule has 152 valence electrons. The van der Waals surface area contributed by atoms with Crippen molar-refractivity contribution in [3.05, 3.63) is 77.2 Å². The minimum atomic E-state index is -0.241. The van der Waals surface area contributed by atoms with E-state index in [1.807, 2.05) is 56.3 Å². The summed E-state index contributed by atoms with van der Waals surface area (Å²) >= 11 is 0. The largest absolute Gasteiger partial charge is 0.423 e. The molecule has 2 aromatic carbocycles. The van der Waals surface area contributed by atoms with Gasteiger partial charge in [-0.15, -0.1) is 10.1 Å². The molecule has 1 N–H and O–H groups in total. The van der Waals surface area contributed by atoms with E-state index in [1.54, 1.807) is 4.52 Å². The van der Waals surface area contributed by atoms with E-state index < -0.39 is 0 Å². The zero-order valence-corrected chi connectivity index (χ0v) is 16.8. The number of nitrogens with zero attached hydrogens (tertiary/aromatic N) is 3. The van der Waals surface area contributed by atoms with Gasteiger partial charge in [-0.05, 0) is 42.0 Å². The molecule has 1 aliphatic carbocycles. The first-order chi connectivity index (χ1) is 14.6. The van der Waals surface area contributed by atoms with Crippen molar-refractivity contribution in [2.75, 3.05) is 0 Å². The highest BCUT2D eigenvalue weighted by Crippen LogP contribution is 2.27. The summed E-state index contributed by atoms with van der Waals surface area (Å²) in [7, 11) is 0. The Labute approximate surface area is 173 Å². The number of oxazole rings is 1. The first kappa shape index (κ1) is 18.4. The molecule has 1 amide bonds. The molecule has 5 rings (SSSR count). The molecule has 7 nitrogen and oxygen atoms in total. The second kappa shape index (κ2) is 7.33. The van der Waals surface area contributed by atoms with Crippen molar-refractivity contribution in [2.24, 2.45) is 0 Å². The Hall–Kier alpha value is -3.61. The molecule has 0 aliphatic heterocycles. The molecule has 4 aromatic rings.